The molecule has 0 spiro atoms. The standard InChI is InChI=1S/C21H17Cl2N3OS/c1-12(16-8-5-14(22)9-18(16)23)26-20-19-17(10-28-21(19)25-11-24-20)13-3-6-15(27-2)7-4-13/h3-12H,1-2H3,(H,24,25,26)/t12-/m1/s1. The Hall–Kier alpha value is -2.34. The number of nitrogens with one attached hydrogen (secondary N) is 1. The van der Waals surface area contributed by atoms with Crippen LogP contribution in [0.4, 0.5) is 5.82 Å². The zero-order valence-electron chi connectivity index (χ0n) is 15.2. The van der Waals surface area contributed by atoms with Gasteiger partial charge in [0.2, 0.25) is 0 Å². The van der Waals surface area contributed by atoms with Crippen LogP contribution in [-0.2, 0) is 0 Å². The topological polar surface area (TPSA) is 47.0 Å². The maximum absolute atomic E-state index is 6.38. The average Bonchev–Trinajstić information content (AvgIpc) is 3.13. The lowest BCUT2D eigenvalue weighted by Crippen LogP contribution is -2.09. The monoisotopic (exact) mass is 429 g/mol. The minimum absolute atomic E-state index is 0.0496. The number of halogens is 2. The molecule has 7 heteroatoms. The van der Waals surface area contributed by atoms with Crippen molar-refractivity contribution >= 4 is 50.6 Å². The molecule has 0 saturated carbocycles. The maximum atomic E-state index is 6.38. The molecule has 0 saturated heterocycles. The van der Waals surface area contributed by atoms with E-state index in [1.807, 2.05) is 43.3 Å². The Balaban J connectivity index is 1.74. The van der Waals surface area contributed by atoms with Crippen LogP contribution in [0.25, 0.3) is 21.3 Å². The Labute approximate surface area is 177 Å². The molecule has 142 valence electrons. The smallest absolute Gasteiger partial charge is 0.139 e. The summed E-state index contributed by atoms with van der Waals surface area (Å²) in [7, 11) is 1.66. The van der Waals surface area contributed by atoms with Gasteiger partial charge in [0.15, 0.2) is 0 Å². The second-order valence-corrected chi connectivity index (χ2v) is 8.01. The van der Waals surface area contributed by atoms with Gasteiger partial charge in [0, 0.05) is 21.0 Å². The van der Waals surface area contributed by atoms with Gasteiger partial charge in [0.05, 0.1) is 18.5 Å². The van der Waals surface area contributed by atoms with E-state index in [2.05, 4.69) is 20.7 Å². The van der Waals surface area contributed by atoms with Gasteiger partial charge in [0.1, 0.15) is 22.7 Å². The van der Waals surface area contributed by atoms with E-state index in [-0.39, 0.29) is 6.04 Å². The molecular formula is C21H17Cl2N3OS. The zero-order chi connectivity index (χ0) is 19.7. The number of fused-ring (bicyclic) bond motifs is 1. The molecular weight excluding hydrogens is 413 g/mol. The predicted octanol–water partition coefficient (Wildman–Crippen LogP) is 6.85. The van der Waals surface area contributed by atoms with Crippen molar-refractivity contribution < 1.29 is 4.74 Å². The van der Waals surface area contributed by atoms with Crippen LogP contribution in [0.1, 0.15) is 18.5 Å². The van der Waals surface area contributed by atoms with Crippen LogP contribution in [0.2, 0.25) is 10.0 Å². The number of hydrogen-bond donors (Lipinski definition) is 1. The average molecular weight is 430 g/mol. The van der Waals surface area contributed by atoms with Crippen molar-refractivity contribution in [3.8, 4) is 16.9 Å². The fourth-order valence-electron chi connectivity index (χ4n) is 3.10. The van der Waals surface area contributed by atoms with Gasteiger partial charge in [0.25, 0.3) is 0 Å². The first-order chi connectivity index (χ1) is 13.6. The Kier molecular flexibility index (Phi) is 5.40. The van der Waals surface area contributed by atoms with E-state index in [0.29, 0.717) is 10.0 Å². The van der Waals surface area contributed by atoms with Crippen molar-refractivity contribution in [1.29, 1.82) is 0 Å². The van der Waals surface area contributed by atoms with Gasteiger partial charge in [-0.05, 0) is 42.3 Å². The molecule has 0 fully saturated rings. The minimum Gasteiger partial charge on any atom is -0.497 e. The third kappa shape index (κ3) is 3.65. The number of ether oxygens (including phenoxy) is 1. The van der Waals surface area contributed by atoms with Crippen LogP contribution >= 0.6 is 34.5 Å². The molecule has 4 nitrogen and oxygen atoms in total. The fourth-order valence-corrected chi connectivity index (χ4v) is 4.59. The molecule has 0 bridgehead atoms. The summed E-state index contributed by atoms with van der Waals surface area (Å²) in [5.41, 5.74) is 3.13. The number of anilines is 1. The fraction of sp³-hybridized carbons (Fsp3) is 0.143. The number of rotatable bonds is 5. The molecule has 1 N–H and O–H groups in total. The largest absolute Gasteiger partial charge is 0.497 e. The number of nitrogens with zero attached hydrogens (tertiary/aromatic N) is 2. The summed E-state index contributed by atoms with van der Waals surface area (Å²) in [4.78, 5) is 9.86. The molecule has 2 aromatic carbocycles. The van der Waals surface area contributed by atoms with Crippen molar-refractivity contribution in [3.05, 3.63) is 69.8 Å². The van der Waals surface area contributed by atoms with Crippen LogP contribution < -0.4 is 10.1 Å². The van der Waals surface area contributed by atoms with Gasteiger partial charge in [-0.3, -0.25) is 0 Å². The summed E-state index contributed by atoms with van der Waals surface area (Å²) < 4.78 is 5.26. The van der Waals surface area contributed by atoms with Gasteiger partial charge in [-0.15, -0.1) is 11.3 Å². The van der Waals surface area contributed by atoms with E-state index < -0.39 is 0 Å². The van der Waals surface area contributed by atoms with Crippen molar-refractivity contribution in [2.75, 3.05) is 12.4 Å². The van der Waals surface area contributed by atoms with E-state index in [0.717, 1.165) is 38.5 Å². The lowest BCUT2D eigenvalue weighted by Gasteiger charge is -2.17. The number of aromatic nitrogens is 2. The highest BCUT2D eigenvalue weighted by Crippen LogP contribution is 2.38. The number of thiophene rings is 1. The van der Waals surface area contributed by atoms with Crippen LogP contribution in [0.15, 0.2) is 54.2 Å². The highest BCUT2D eigenvalue weighted by Gasteiger charge is 2.17. The SMILES string of the molecule is COc1ccc(-c2csc3ncnc(N[C@H](C)c4ccc(Cl)cc4Cl)c23)cc1. The van der Waals surface area contributed by atoms with Crippen LogP contribution in [0.5, 0.6) is 5.75 Å². The molecule has 4 aromatic rings. The van der Waals surface area contributed by atoms with Crippen molar-refractivity contribution in [2.45, 2.75) is 13.0 Å². The molecule has 0 amide bonds. The Bertz CT molecular complexity index is 1130. The van der Waals surface area contributed by atoms with E-state index in [1.54, 1.807) is 30.8 Å². The molecule has 1 atom stereocenters. The Morgan fingerprint density at radius 1 is 1.07 bits per heavy atom. The summed E-state index contributed by atoms with van der Waals surface area (Å²) >= 11 is 14.0. The number of hydrogen-bond acceptors (Lipinski definition) is 5. The summed E-state index contributed by atoms with van der Waals surface area (Å²) in [5.74, 6) is 1.60. The third-order valence-electron chi connectivity index (χ3n) is 4.55. The van der Waals surface area contributed by atoms with E-state index in [9.17, 15) is 0 Å². The molecule has 0 aliphatic rings. The third-order valence-corrected chi connectivity index (χ3v) is 6.00. The first-order valence-corrected chi connectivity index (χ1v) is 10.3. The number of methoxy groups -OCH3 is 1. The molecule has 0 radical (unpaired) electrons. The van der Waals surface area contributed by atoms with Gasteiger partial charge >= 0.3 is 0 Å². The second kappa shape index (κ2) is 7.95. The molecule has 28 heavy (non-hydrogen) atoms. The van der Waals surface area contributed by atoms with Crippen molar-refractivity contribution in [2.24, 2.45) is 0 Å². The maximum Gasteiger partial charge on any atom is 0.139 e. The van der Waals surface area contributed by atoms with Crippen LogP contribution in [0.3, 0.4) is 0 Å². The Morgan fingerprint density at radius 2 is 1.86 bits per heavy atom. The Morgan fingerprint density at radius 3 is 2.57 bits per heavy atom. The minimum atomic E-state index is -0.0496. The lowest BCUT2D eigenvalue weighted by molar-refractivity contribution is 0.415. The highest BCUT2D eigenvalue weighted by atomic mass is 35.5. The lowest BCUT2D eigenvalue weighted by atomic mass is 10.0. The van der Waals surface area contributed by atoms with Gasteiger partial charge in [-0.2, -0.15) is 0 Å². The van der Waals surface area contributed by atoms with Crippen LogP contribution in [-0.4, -0.2) is 17.1 Å². The van der Waals surface area contributed by atoms with E-state index in [1.165, 1.54) is 0 Å². The summed E-state index contributed by atoms with van der Waals surface area (Å²) in [6, 6.07) is 13.4. The molecule has 0 aliphatic carbocycles. The normalized spacial score (nSPS) is 12.1. The highest BCUT2D eigenvalue weighted by molar-refractivity contribution is 7.17. The molecule has 4 rings (SSSR count). The van der Waals surface area contributed by atoms with E-state index in [4.69, 9.17) is 27.9 Å². The first-order valence-electron chi connectivity index (χ1n) is 8.65. The molecule has 2 heterocycles. The van der Waals surface area contributed by atoms with Crippen molar-refractivity contribution in [1.82, 2.24) is 9.97 Å². The molecule has 2 aromatic heterocycles. The summed E-state index contributed by atoms with van der Waals surface area (Å²) in [6.07, 6.45) is 1.58. The van der Waals surface area contributed by atoms with Gasteiger partial charge in [-0.1, -0.05) is 41.4 Å². The van der Waals surface area contributed by atoms with Crippen molar-refractivity contribution in [3.63, 3.8) is 0 Å². The second-order valence-electron chi connectivity index (χ2n) is 6.31. The van der Waals surface area contributed by atoms with Gasteiger partial charge < -0.3 is 10.1 Å². The zero-order valence-corrected chi connectivity index (χ0v) is 17.6. The van der Waals surface area contributed by atoms with Crippen LogP contribution in [0, 0.1) is 0 Å². The molecule has 0 unspecified atom stereocenters. The quantitative estimate of drug-likeness (QED) is 0.376. The van der Waals surface area contributed by atoms with E-state index >= 15 is 0 Å². The molecule has 0 aliphatic heterocycles. The predicted molar refractivity (Wildman–Crippen MR) is 118 cm³/mol. The number of benzene rings is 2. The summed E-state index contributed by atoms with van der Waals surface area (Å²) in [6.45, 7) is 2.04. The van der Waals surface area contributed by atoms with Gasteiger partial charge in [-0.25, -0.2) is 9.97 Å². The summed E-state index contributed by atoms with van der Waals surface area (Å²) in [5, 5.41) is 7.82. The first kappa shape index (κ1) is 19.0.